The zero-order chi connectivity index (χ0) is 27.6. The predicted molar refractivity (Wildman–Crippen MR) is 150 cm³/mol. The highest BCUT2D eigenvalue weighted by Crippen LogP contribution is 2.34. The molecule has 0 aliphatic carbocycles. The first kappa shape index (κ1) is 28.8. The molecular formula is C31H41N3O5. The molecule has 0 saturated carbocycles. The Morgan fingerprint density at radius 2 is 2.03 bits per heavy atom. The highest BCUT2D eigenvalue weighted by Gasteiger charge is 2.37. The lowest BCUT2D eigenvalue weighted by Gasteiger charge is -2.25. The van der Waals surface area contributed by atoms with E-state index in [4.69, 9.17) is 9.47 Å². The molecule has 2 aromatic rings. The second kappa shape index (κ2) is 14.2. The lowest BCUT2D eigenvalue weighted by Crippen LogP contribution is -2.46. The number of ether oxygens (including phenoxy) is 2. The van der Waals surface area contributed by atoms with E-state index >= 15 is 0 Å². The molecule has 0 fully saturated rings. The molecule has 2 atom stereocenters. The van der Waals surface area contributed by atoms with Crippen molar-refractivity contribution in [3.8, 4) is 5.75 Å². The van der Waals surface area contributed by atoms with E-state index in [-0.39, 0.29) is 24.3 Å². The molecule has 0 spiro atoms. The molecule has 39 heavy (non-hydrogen) atoms. The van der Waals surface area contributed by atoms with Gasteiger partial charge in [0.15, 0.2) is 0 Å². The number of nitrogens with zero attached hydrogens (tertiary/aromatic N) is 2. The molecule has 2 aliphatic rings. The quantitative estimate of drug-likeness (QED) is 0.255. The minimum absolute atomic E-state index is 0.193. The van der Waals surface area contributed by atoms with Crippen LogP contribution >= 0.6 is 0 Å². The Bertz CT molecular complexity index is 1140. The van der Waals surface area contributed by atoms with Crippen molar-refractivity contribution in [1.82, 2.24) is 15.1 Å². The molecule has 2 aliphatic heterocycles. The van der Waals surface area contributed by atoms with Crippen molar-refractivity contribution in [2.75, 3.05) is 33.3 Å². The maximum atomic E-state index is 13.1. The molecule has 2 aromatic carbocycles. The highest BCUT2D eigenvalue weighted by atomic mass is 16.5. The van der Waals surface area contributed by atoms with E-state index in [1.54, 1.807) is 18.0 Å². The van der Waals surface area contributed by atoms with Gasteiger partial charge in [0.2, 0.25) is 5.91 Å². The van der Waals surface area contributed by atoms with Crippen molar-refractivity contribution in [1.29, 1.82) is 0 Å². The van der Waals surface area contributed by atoms with Crippen LogP contribution in [0.5, 0.6) is 5.75 Å². The number of aldehydes is 1. The Morgan fingerprint density at radius 3 is 2.82 bits per heavy atom. The van der Waals surface area contributed by atoms with E-state index in [0.29, 0.717) is 30.9 Å². The zero-order valence-corrected chi connectivity index (χ0v) is 23.2. The summed E-state index contributed by atoms with van der Waals surface area (Å²) in [5.41, 5.74) is 4.04. The Balaban J connectivity index is 1.20. The Kier molecular flexibility index (Phi) is 10.5. The number of likely N-dealkylation sites (N-methyl/N-ethyl adjacent to an activating group) is 1. The second-order valence-electron chi connectivity index (χ2n) is 10.2. The number of hydrogen-bond donors (Lipinski definition) is 1. The second-order valence-corrected chi connectivity index (χ2v) is 10.2. The lowest BCUT2D eigenvalue weighted by molar-refractivity contribution is -0.125. The number of nitrogens with one attached hydrogen (secondary N) is 1. The number of hydrogen-bond acceptors (Lipinski definition) is 6. The summed E-state index contributed by atoms with van der Waals surface area (Å²) in [6.07, 6.45) is 5.61. The number of carbonyl (C=O) groups excluding carboxylic acids is 3. The molecule has 8 heteroatoms. The maximum Gasteiger partial charge on any atom is 0.255 e. The van der Waals surface area contributed by atoms with Gasteiger partial charge >= 0.3 is 0 Å². The molecule has 0 aromatic heterocycles. The van der Waals surface area contributed by atoms with Crippen LogP contribution in [0.25, 0.3) is 0 Å². The molecular weight excluding hydrogens is 494 g/mol. The summed E-state index contributed by atoms with van der Waals surface area (Å²) in [7, 11) is 1.54. The summed E-state index contributed by atoms with van der Waals surface area (Å²) in [6, 6.07) is 13.3. The van der Waals surface area contributed by atoms with Gasteiger partial charge in [0.1, 0.15) is 18.1 Å². The van der Waals surface area contributed by atoms with Gasteiger partial charge in [-0.3, -0.25) is 9.59 Å². The van der Waals surface area contributed by atoms with Crippen molar-refractivity contribution < 1.29 is 23.9 Å². The van der Waals surface area contributed by atoms with Crippen molar-refractivity contribution in [2.45, 2.75) is 70.7 Å². The largest absolute Gasteiger partial charge is 0.493 e. The van der Waals surface area contributed by atoms with Gasteiger partial charge in [0, 0.05) is 31.1 Å². The van der Waals surface area contributed by atoms with Crippen LogP contribution in [0.2, 0.25) is 0 Å². The Hall–Kier alpha value is -3.23. The maximum absolute atomic E-state index is 13.1. The molecule has 4 rings (SSSR count). The molecule has 2 unspecified atom stereocenters. The van der Waals surface area contributed by atoms with Crippen molar-refractivity contribution >= 4 is 18.1 Å². The third-order valence-electron chi connectivity index (χ3n) is 7.81. The first-order chi connectivity index (χ1) is 19.1. The predicted octanol–water partition coefficient (Wildman–Crippen LogP) is 4.27. The molecule has 2 amide bonds. The van der Waals surface area contributed by atoms with Gasteiger partial charge in [0.25, 0.3) is 5.91 Å². The van der Waals surface area contributed by atoms with Crippen LogP contribution in [-0.4, -0.2) is 67.2 Å². The van der Waals surface area contributed by atoms with Crippen molar-refractivity contribution in [2.24, 2.45) is 0 Å². The normalized spacial score (nSPS) is 16.7. The fraction of sp³-hybridized carbons (Fsp3) is 0.516. The van der Waals surface area contributed by atoms with Gasteiger partial charge in [-0.1, -0.05) is 37.3 Å². The Labute approximate surface area is 231 Å². The molecule has 210 valence electrons. The van der Waals surface area contributed by atoms with E-state index in [0.717, 1.165) is 63.8 Å². The molecule has 8 nitrogen and oxygen atoms in total. The van der Waals surface area contributed by atoms with Crippen LogP contribution in [0.4, 0.5) is 0 Å². The summed E-state index contributed by atoms with van der Waals surface area (Å²) in [6.45, 7) is 6.91. The fourth-order valence-corrected chi connectivity index (χ4v) is 5.56. The monoisotopic (exact) mass is 535 g/mol. The van der Waals surface area contributed by atoms with Gasteiger partial charge in [-0.05, 0) is 68.5 Å². The van der Waals surface area contributed by atoms with Gasteiger partial charge in [-0.25, -0.2) is 0 Å². The van der Waals surface area contributed by atoms with E-state index < -0.39 is 6.04 Å². The SMILES string of the molecule is CCN(CCCCCOc1cccc2c1CN(C(CCC=O)C(=O)NC)C2=O)CCC1OCc2ccccc21. The molecule has 0 saturated heterocycles. The molecule has 0 radical (unpaired) electrons. The number of amides is 2. The number of carbonyl (C=O) groups is 3. The summed E-state index contributed by atoms with van der Waals surface area (Å²) < 4.78 is 12.1. The molecule has 1 N–H and O–H groups in total. The van der Waals surface area contributed by atoms with E-state index in [2.05, 4.69) is 41.4 Å². The van der Waals surface area contributed by atoms with Gasteiger partial charge < -0.3 is 29.4 Å². The highest BCUT2D eigenvalue weighted by molar-refractivity contribution is 6.01. The topological polar surface area (TPSA) is 88.2 Å². The van der Waals surface area contributed by atoms with Crippen LogP contribution in [0.15, 0.2) is 42.5 Å². The summed E-state index contributed by atoms with van der Waals surface area (Å²) in [5.74, 6) is 0.240. The minimum atomic E-state index is -0.676. The van der Waals surface area contributed by atoms with Crippen LogP contribution < -0.4 is 10.1 Å². The van der Waals surface area contributed by atoms with Gasteiger partial charge in [-0.2, -0.15) is 0 Å². The van der Waals surface area contributed by atoms with Crippen LogP contribution in [-0.2, 0) is 27.5 Å². The zero-order valence-electron chi connectivity index (χ0n) is 23.2. The Morgan fingerprint density at radius 1 is 1.18 bits per heavy atom. The lowest BCUT2D eigenvalue weighted by atomic mass is 10.0. The van der Waals surface area contributed by atoms with Gasteiger partial charge in [0.05, 0.1) is 25.9 Å². The summed E-state index contributed by atoms with van der Waals surface area (Å²) >= 11 is 0. The third-order valence-corrected chi connectivity index (χ3v) is 7.81. The van der Waals surface area contributed by atoms with E-state index in [1.807, 2.05) is 12.1 Å². The van der Waals surface area contributed by atoms with Crippen LogP contribution in [0.3, 0.4) is 0 Å². The average molecular weight is 536 g/mol. The smallest absolute Gasteiger partial charge is 0.255 e. The molecule has 2 heterocycles. The molecule has 0 bridgehead atoms. The first-order valence-electron chi connectivity index (χ1n) is 14.2. The number of benzene rings is 2. The van der Waals surface area contributed by atoms with Gasteiger partial charge in [-0.15, -0.1) is 0 Å². The number of rotatable bonds is 16. The van der Waals surface area contributed by atoms with Crippen LogP contribution in [0.1, 0.15) is 78.6 Å². The van der Waals surface area contributed by atoms with Crippen molar-refractivity contribution in [3.05, 3.63) is 64.7 Å². The fourth-order valence-electron chi connectivity index (χ4n) is 5.56. The van der Waals surface area contributed by atoms with Crippen molar-refractivity contribution in [3.63, 3.8) is 0 Å². The van der Waals surface area contributed by atoms with E-state index in [1.165, 1.54) is 11.1 Å². The van der Waals surface area contributed by atoms with E-state index in [9.17, 15) is 14.4 Å². The number of unbranched alkanes of at least 4 members (excludes halogenated alkanes) is 2. The number of fused-ring (bicyclic) bond motifs is 2. The van der Waals surface area contributed by atoms with Crippen LogP contribution in [0, 0.1) is 0 Å². The summed E-state index contributed by atoms with van der Waals surface area (Å²) in [5, 5.41) is 2.61. The standard InChI is InChI=1S/C31H41N3O5/c1-3-33(18-16-29-24-12-6-5-11-23(24)22-39-29)17-7-4-8-20-38-28-15-9-13-25-26(28)21-34(31(25)37)27(14-10-19-35)30(36)32-2/h5-6,9,11-13,15,19,27,29H,3-4,7-8,10,14,16-18,20-22H2,1-2H3,(H,32,36). The third kappa shape index (κ3) is 7.05. The summed E-state index contributed by atoms with van der Waals surface area (Å²) in [4.78, 5) is 40.4. The minimum Gasteiger partial charge on any atom is -0.493 e. The average Bonchev–Trinajstić information content (AvgIpc) is 3.53. The first-order valence-corrected chi connectivity index (χ1v) is 14.2.